The Labute approximate surface area is 197 Å². The quantitative estimate of drug-likeness (QED) is 0.723. The number of pyridine rings is 1. The van der Waals surface area contributed by atoms with Crippen molar-refractivity contribution in [2.45, 2.75) is 39.3 Å². The monoisotopic (exact) mass is 451 g/mol. The van der Waals surface area contributed by atoms with Crippen LogP contribution in [0.25, 0.3) is 0 Å². The number of likely N-dealkylation sites (tertiary alicyclic amines) is 1. The molecule has 0 saturated carbocycles. The van der Waals surface area contributed by atoms with Gasteiger partial charge in [-0.1, -0.05) is 26.0 Å². The van der Waals surface area contributed by atoms with Crippen molar-refractivity contribution in [1.29, 1.82) is 0 Å². The second-order valence-corrected chi connectivity index (χ2v) is 10.2. The Bertz CT molecular complexity index is 940. The molecule has 0 aliphatic carbocycles. The first-order valence-electron chi connectivity index (χ1n) is 12.3. The normalized spacial score (nSPS) is 22.3. The zero-order chi connectivity index (χ0) is 22.7. The molecule has 1 aromatic heterocycles. The number of nitrogens with zero attached hydrogens (tertiary/aromatic N) is 3. The highest BCUT2D eigenvalue weighted by Gasteiger charge is 2.32. The average Bonchev–Trinajstić information content (AvgIpc) is 2.97. The van der Waals surface area contributed by atoms with Gasteiger partial charge in [0.2, 0.25) is 0 Å². The number of para-hydroxylation sites is 2. The van der Waals surface area contributed by atoms with Gasteiger partial charge in [0.1, 0.15) is 18.2 Å². The van der Waals surface area contributed by atoms with Crippen LogP contribution in [0.4, 0.5) is 17.2 Å². The molecule has 4 aliphatic rings. The van der Waals surface area contributed by atoms with E-state index in [0.29, 0.717) is 12.0 Å². The Balaban J connectivity index is 0.000000162. The summed E-state index contributed by atoms with van der Waals surface area (Å²) in [5.74, 6) is 1.74. The highest BCUT2D eigenvalue weighted by atomic mass is 16.5. The second-order valence-electron chi connectivity index (χ2n) is 10.2. The number of aromatic nitrogens is 1. The van der Waals surface area contributed by atoms with Crippen LogP contribution in [0.5, 0.6) is 5.75 Å². The van der Waals surface area contributed by atoms with Crippen molar-refractivity contribution in [2.75, 3.05) is 62.7 Å². The molecule has 0 spiro atoms. The topological polar surface area (TPSA) is 61.9 Å². The van der Waals surface area contributed by atoms with Crippen LogP contribution in [0.1, 0.15) is 32.3 Å². The fourth-order valence-corrected chi connectivity index (χ4v) is 5.12. The molecule has 0 atom stereocenters. The van der Waals surface area contributed by atoms with Gasteiger partial charge in [-0.05, 0) is 43.0 Å². The Morgan fingerprint density at radius 2 is 1.88 bits per heavy atom. The molecular formula is C26H37N5O2. The van der Waals surface area contributed by atoms with Crippen molar-refractivity contribution in [3.8, 4) is 5.75 Å². The van der Waals surface area contributed by atoms with Crippen molar-refractivity contribution < 1.29 is 9.47 Å². The summed E-state index contributed by atoms with van der Waals surface area (Å²) in [5.41, 5.74) is 3.82. The molecule has 3 saturated heterocycles. The molecule has 1 aromatic carbocycles. The van der Waals surface area contributed by atoms with E-state index in [1.165, 1.54) is 44.7 Å². The van der Waals surface area contributed by atoms with Gasteiger partial charge < -0.3 is 25.0 Å². The first-order valence-corrected chi connectivity index (χ1v) is 12.3. The predicted molar refractivity (Wildman–Crippen MR) is 133 cm³/mol. The standard InChI is InChI=1S/C16H17N3O2.C10H20N2/c1-2-4-15-13(3-1)18-16-12(11-21-15)14(5-6-17-16)19-7-9-20-10-8-19;1-10(2)4-3-5-12(8-10)9-6-11-7-9/h1-6H,7-11H2,(H,17,18);9,11H,3-8H2,1-2H3. The molecule has 33 heavy (non-hydrogen) atoms. The van der Waals surface area contributed by atoms with E-state index in [-0.39, 0.29) is 0 Å². The number of hydrogen-bond acceptors (Lipinski definition) is 7. The number of morpholine rings is 1. The molecular weight excluding hydrogens is 414 g/mol. The van der Waals surface area contributed by atoms with Gasteiger partial charge >= 0.3 is 0 Å². The van der Waals surface area contributed by atoms with Gasteiger partial charge in [0.15, 0.2) is 0 Å². The minimum atomic E-state index is 0.528. The van der Waals surface area contributed by atoms with E-state index in [4.69, 9.17) is 9.47 Å². The van der Waals surface area contributed by atoms with Gasteiger partial charge in [-0.2, -0.15) is 0 Å². The number of benzene rings is 1. The fourth-order valence-electron chi connectivity index (χ4n) is 5.12. The summed E-state index contributed by atoms with van der Waals surface area (Å²) >= 11 is 0. The number of nitrogens with one attached hydrogen (secondary N) is 2. The highest BCUT2D eigenvalue weighted by molar-refractivity contribution is 5.72. The summed E-state index contributed by atoms with van der Waals surface area (Å²) < 4.78 is 11.4. The molecule has 3 fully saturated rings. The van der Waals surface area contributed by atoms with Gasteiger partial charge in [0.25, 0.3) is 0 Å². The molecule has 2 N–H and O–H groups in total. The summed E-state index contributed by atoms with van der Waals surface area (Å²) in [6.07, 6.45) is 4.65. The van der Waals surface area contributed by atoms with Crippen LogP contribution in [0, 0.1) is 5.41 Å². The maximum Gasteiger partial charge on any atom is 0.143 e. The third-order valence-corrected chi connectivity index (χ3v) is 7.10. The van der Waals surface area contributed by atoms with Crippen LogP contribution in [-0.2, 0) is 11.3 Å². The maximum atomic E-state index is 5.95. The van der Waals surface area contributed by atoms with Gasteiger partial charge in [0.05, 0.1) is 24.5 Å². The number of piperidine rings is 1. The molecule has 0 radical (unpaired) electrons. The molecule has 0 amide bonds. The lowest BCUT2D eigenvalue weighted by Gasteiger charge is -2.45. The van der Waals surface area contributed by atoms with Crippen molar-refractivity contribution in [3.05, 3.63) is 42.1 Å². The van der Waals surface area contributed by atoms with Gasteiger partial charge in [-0.25, -0.2) is 4.98 Å². The molecule has 6 rings (SSSR count). The number of ether oxygens (including phenoxy) is 2. The Morgan fingerprint density at radius 1 is 1.06 bits per heavy atom. The minimum absolute atomic E-state index is 0.528. The second kappa shape index (κ2) is 9.87. The summed E-state index contributed by atoms with van der Waals surface area (Å²) in [6, 6.07) is 10.9. The lowest BCUT2D eigenvalue weighted by atomic mass is 9.83. The zero-order valence-corrected chi connectivity index (χ0v) is 20.0. The zero-order valence-electron chi connectivity index (χ0n) is 20.0. The summed E-state index contributed by atoms with van der Waals surface area (Å²) in [7, 11) is 0. The van der Waals surface area contributed by atoms with Gasteiger partial charge in [0, 0.05) is 50.6 Å². The summed E-state index contributed by atoms with van der Waals surface area (Å²) in [5, 5.41) is 6.73. The van der Waals surface area contributed by atoms with E-state index in [2.05, 4.69) is 45.3 Å². The molecule has 2 aromatic rings. The van der Waals surface area contributed by atoms with Crippen molar-refractivity contribution in [2.24, 2.45) is 5.41 Å². The molecule has 7 heteroatoms. The molecule has 178 valence electrons. The van der Waals surface area contributed by atoms with Crippen LogP contribution in [0.3, 0.4) is 0 Å². The molecule has 0 bridgehead atoms. The van der Waals surface area contributed by atoms with Crippen molar-refractivity contribution >= 4 is 17.2 Å². The van der Waals surface area contributed by atoms with Gasteiger partial charge in [-0.3, -0.25) is 4.90 Å². The SMILES string of the molecule is CC1(C)CCCN(C2CNC2)C1.c1ccc2c(c1)Nc1nccc(N3CCOCC3)c1CO2. The summed E-state index contributed by atoms with van der Waals surface area (Å²) in [4.78, 5) is 9.49. The smallest absolute Gasteiger partial charge is 0.143 e. The number of fused-ring (bicyclic) bond motifs is 2. The van der Waals surface area contributed by atoms with Crippen LogP contribution in [-0.4, -0.2) is 68.4 Å². The van der Waals surface area contributed by atoms with Crippen molar-refractivity contribution in [1.82, 2.24) is 15.2 Å². The first-order chi connectivity index (χ1) is 16.1. The lowest BCUT2D eigenvalue weighted by molar-refractivity contribution is 0.0555. The van der Waals surface area contributed by atoms with E-state index in [0.717, 1.165) is 55.2 Å². The third kappa shape index (κ3) is 5.26. The van der Waals surface area contributed by atoms with Crippen LogP contribution in [0.15, 0.2) is 36.5 Å². The van der Waals surface area contributed by atoms with Gasteiger partial charge in [-0.15, -0.1) is 0 Å². The molecule has 7 nitrogen and oxygen atoms in total. The van der Waals surface area contributed by atoms with E-state index in [9.17, 15) is 0 Å². The number of rotatable bonds is 2. The highest BCUT2D eigenvalue weighted by Crippen LogP contribution is 2.36. The van der Waals surface area contributed by atoms with Crippen LogP contribution >= 0.6 is 0 Å². The summed E-state index contributed by atoms with van der Waals surface area (Å²) in [6.45, 7) is 13.7. The maximum absolute atomic E-state index is 5.95. The predicted octanol–water partition coefficient (Wildman–Crippen LogP) is 3.63. The Morgan fingerprint density at radius 3 is 2.64 bits per heavy atom. The van der Waals surface area contributed by atoms with Crippen LogP contribution in [0.2, 0.25) is 0 Å². The third-order valence-electron chi connectivity index (χ3n) is 7.10. The first kappa shape index (κ1) is 22.4. The van der Waals surface area contributed by atoms with E-state index >= 15 is 0 Å². The molecule has 4 aliphatic heterocycles. The lowest BCUT2D eigenvalue weighted by Crippen LogP contribution is -2.60. The Hall–Kier alpha value is -2.35. The molecule has 0 unspecified atom stereocenters. The largest absolute Gasteiger partial charge is 0.487 e. The minimum Gasteiger partial charge on any atom is -0.487 e. The van der Waals surface area contributed by atoms with Crippen LogP contribution < -0.4 is 20.3 Å². The van der Waals surface area contributed by atoms with E-state index in [1.807, 2.05) is 30.5 Å². The fraction of sp³-hybridized carbons (Fsp3) is 0.577. The van der Waals surface area contributed by atoms with Crippen molar-refractivity contribution in [3.63, 3.8) is 0 Å². The van der Waals surface area contributed by atoms with E-state index in [1.54, 1.807) is 0 Å². The Kier molecular flexibility index (Phi) is 6.71. The van der Waals surface area contributed by atoms with E-state index < -0.39 is 0 Å². The number of hydrogen-bond donors (Lipinski definition) is 2. The number of anilines is 3. The molecule has 5 heterocycles. The average molecular weight is 452 g/mol.